The van der Waals surface area contributed by atoms with Crippen LogP contribution in [0.4, 0.5) is 0 Å². The molecule has 71 valence electrons. The second kappa shape index (κ2) is 4.29. The summed E-state index contributed by atoms with van der Waals surface area (Å²) in [7, 11) is 0. The zero-order chi connectivity index (χ0) is 9.80. The summed E-state index contributed by atoms with van der Waals surface area (Å²) >= 11 is 1.69. The van der Waals surface area contributed by atoms with Crippen LogP contribution in [-0.2, 0) is 0 Å². The standard InChI is InChI=1S/C12H11OS/c1-10(12-8-5-9-14-12)13-11-6-3-2-4-7-11/h2-9H,1H3. The first-order valence-electron chi connectivity index (χ1n) is 4.46. The predicted molar refractivity (Wildman–Crippen MR) is 59.4 cm³/mol. The first kappa shape index (κ1) is 9.28. The fourth-order valence-corrected chi connectivity index (χ4v) is 1.86. The van der Waals surface area contributed by atoms with Crippen molar-refractivity contribution in [1.29, 1.82) is 0 Å². The molecule has 0 saturated carbocycles. The molecule has 2 rings (SSSR count). The molecule has 0 aliphatic rings. The zero-order valence-electron chi connectivity index (χ0n) is 7.94. The van der Waals surface area contributed by atoms with Crippen molar-refractivity contribution in [1.82, 2.24) is 0 Å². The third kappa shape index (κ3) is 2.15. The Bertz CT molecular complexity index is 366. The molecule has 0 aliphatic carbocycles. The number of thiophene rings is 1. The maximum Gasteiger partial charge on any atom is 0.184 e. The molecule has 0 aliphatic heterocycles. The van der Waals surface area contributed by atoms with E-state index in [4.69, 9.17) is 4.74 Å². The molecule has 1 aromatic heterocycles. The quantitative estimate of drug-likeness (QED) is 0.738. The molecule has 1 radical (unpaired) electrons. The Morgan fingerprint density at radius 2 is 1.86 bits per heavy atom. The van der Waals surface area contributed by atoms with E-state index >= 15 is 0 Å². The van der Waals surface area contributed by atoms with Gasteiger partial charge in [0.25, 0.3) is 0 Å². The lowest BCUT2D eigenvalue weighted by Crippen LogP contribution is -2.01. The van der Waals surface area contributed by atoms with E-state index < -0.39 is 0 Å². The monoisotopic (exact) mass is 203 g/mol. The van der Waals surface area contributed by atoms with Crippen molar-refractivity contribution in [3.63, 3.8) is 0 Å². The van der Waals surface area contributed by atoms with Crippen LogP contribution in [0.3, 0.4) is 0 Å². The molecule has 2 aromatic rings. The molecule has 1 aromatic carbocycles. The Labute approximate surface area is 88.0 Å². The van der Waals surface area contributed by atoms with E-state index in [0.29, 0.717) is 0 Å². The third-order valence-electron chi connectivity index (χ3n) is 1.88. The van der Waals surface area contributed by atoms with Gasteiger partial charge in [0.15, 0.2) is 6.10 Å². The van der Waals surface area contributed by atoms with Crippen LogP contribution in [0.25, 0.3) is 0 Å². The number of ether oxygens (including phenoxy) is 1. The van der Waals surface area contributed by atoms with Crippen molar-refractivity contribution in [2.24, 2.45) is 0 Å². The summed E-state index contributed by atoms with van der Waals surface area (Å²) in [5.41, 5.74) is 0. The number of hydrogen-bond donors (Lipinski definition) is 0. The highest BCUT2D eigenvalue weighted by Gasteiger charge is 2.08. The Morgan fingerprint density at radius 1 is 1.07 bits per heavy atom. The highest BCUT2D eigenvalue weighted by molar-refractivity contribution is 7.10. The van der Waals surface area contributed by atoms with E-state index in [1.165, 1.54) is 4.88 Å². The predicted octanol–water partition coefficient (Wildman–Crippen LogP) is 3.73. The minimum atomic E-state index is 0.887. The van der Waals surface area contributed by atoms with E-state index in [1.54, 1.807) is 11.3 Å². The summed E-state index contributed by atoms with van der Waals surface area (Å²) < 4.78 is 5.69. The number of rotatable bonds is 3. The second-order valence-corrected chi connectivity index (χ2v) is 3.90. The van der Waals surface area contributed by atoms with Gasteiger partial charge in [0.2, 0.25) is 0 Å². The largest absolute Gasteiger partial charge is 0.477 e. The Kier molecular flexibility index (Phi) is 2.84. The van der Waals surface area contributed by atoms with Crippen molar-refractivity contribution in [2.45, 2.75) is 6.92 Å². The number of para-hydroxylation sites is 1. The summed E-state index contributed by atoms with van der Waals surface area (Å²) in [6.45, 7) is 1.98. The van der Waals surface area contributed by atoms with Crippen LogP contribution in [0.15, 0.2) is 47.8 Å². The van der Waals surface area contributed by atoms with Gasteiger partial charge in [-0.3, -0.25) is 0 Å². The van der Waals surface area contributed by atoms with E-state index in [9.17, 15) is 0 Å². The van der Waals surface area contributed by atoms with Gasteiger partial charge in [-0.05, 0) is 30.5 Å². The van der Waals surface area contributed by atoms with Crippen molar-refractivity contribution in [3.8, 4) is 5.75 Å². The molecular formula is C12H11OS. The minimum absolute atomic E-state index is 0.887. The summed E-state index contributed by atoms with van der Waals surface area (Å²) in [5, 5.41) is 2.05. The van der Waals surface area contributed by atoms with Gasteiger partial charge in [-0.2, -0.15) is 0 Å². The summed E-state index contributed by atoms with van der Waals surface area (Å²) in [5.74, 6) is 0.887. The van der Waals surface area contributed by atoms with Crippen molar-refractivity contribution < 1.29 is 4.74 Å². The third-order valence-corrected chi connectivity index (χ3v) is 2.85. The normalized spacial score (nSPS) is 10.4. The van der Waals surface area contributed by atoms with Crippen molar-refractivity contribution >= 4 is 11.3 Å². The van der Waals surface area contributed by atoms with E-state index in [0.717, 1.165) is 11.9 Å². The van der Waals surface area contributed by atoms with Gasteiger partial charge in [0.1, 0.15) is 5.75 Å². The highest BCUT2D eigenvalue weighted by atomic mass is 32.1. The molecular weight excluding hydrogens is 192 g/mol. The maximum absolute atomic E-state index is 5.69. The zero-order valence-corrected chi connectivity index (χ0v) is 8.75. The molecule has 2 heteroatoms. The molecule has 1 nitrogen and oxygen atoms in total. The summed E-state index contributed by atoms with van der Waals surface area (Å²) in [6.07, 6.45) is 0.950. The first-order valence-corrected chi connectivity index (χ1v) is 5.34. The van der Waals surface area contributed by atoms with Gasteiger partial charge in [-0.15, -0.1) is 11.3 Å². The van der Waals surface area contributed by atoms with Gasteiger partial charge in [0.05, 0.1) is 4.88 Å². The Balaban J connectivity index is 2.06. The average Bonchev–Trinajstić information content (AvgIpc) is 2.72. The molecule has 0 atom stereocenters. The average molecular weight is 203 g/mol. The molecule has 0 saturated heterocycles. The molecule has 0 N–H and O–H groups in total. The molecule has 0 unspecified atom stereocenters. The van der Waals surface area contributed by atoms with Crippen molar-refractivity contribution in [3.05, 3.63) is 58.8 Å². The first-order chi connectivity index (χ1) is 6.86. The maximum atomic E-state index is 5.69. The fraction of sp³-hybridized carbons (Fsp3) is 0.0833. The van der Waals surface area contributed by atoms with Crippen LogP contribution in [0.5, 0.6) is 5.75 Å². The topological polar surface area (TPSA) is 9.23 Å². The molecule has 0 fully saturated rings. The SMILES string of the molecule is C[C](Oc1ccccc1)c1cccs1. The smallest absolute Gasteiger partial charge is 0.184 e. The molecule has 0 amide bonds. The van der Waals surface area contributed by atoms with Crippen molar-refractivity contribution in [2.75, 3.05) is 0 Å². The lowest BCUT2D eigenvalue weighted by Gasteiger charge is -2.10. The van der Waals surface area contributed by atoms with Crippen LogP contribution in [0.2, 0.25) is 0 Å². The van der Waals surface area contributed by atoms with Crippen LogP contribution in [0, 0.1) is 6.10 Å². The Hall–Kier alpha value is -1.28. The van der Waals surface area contributed by atoms with Crippen LogP contribution < -0.4 is 4.74 Å². The van der Waals surface area contributed by atoms with E-state index in [2.05, 4.69) is 6.07 Å². The lowest BCUT2D eigenvalue weighted by molar-refractivity contribution is 0.363. The lowest BCUT2D eigenvalue weighted by atomic mass is 10.3. The van der Waals surface area contributed by atoms with Gasteiger partial charge in [-0.1, -0.05) is 24.3 Å². The number of benzene rings is 1. The highest BCUT2D eigenvalue weighted by Crippen LogP contribution is 2.23. The molecule has 0 bridgehead atoms. The van der Waals surface area contributed by atoms with Gasteiger partial charge < -0.3 is 4.74 Å². The van der Waals surface area contributed by atoms with Crippen LogP contribution in [-0.4, -0.2) is 0 Å². The van der Waals surface area contributed by atoms with Gasteiger partial charge in [-0.25, -0.2) is 0 Å². The molecule has 1 heterocycles. The van der Waals surface area contributed by atoms with Gasteiger partial charge >= 0.3 is 0 Å². The fourth-order valence-electron chi connectivity index (χ4n) is 1.19. The second-order valence-electron chi connectivity index (χ2n) is 2.95. The van der Waals surface area contributed by atoms with Crippen LogP contribution in [0.1, 0.15) is 11.8 Å². The van der Waals surface area contributed by atoms with E-state index in [-0.39, 0.29) is 0 Å². The summed E-state index contributed by atoms with van der Waals surface area (Å²) in [6, 6.07) is 13.9. The van der Waals surface area contributed by atoms with E-state index in [1.807, 2.05) is 48.7 Å². The molecule has 0 spiro atoms. The van der Waals surface area contributed by atoms with Gasteiger partial charge in [0, 0.05) is 0 Å². The number of hydrogen-bond acceptors (Lipinski definition) is 2. The Morgan fingerprint density at radius 3 is 2.50 bits per heavy atom. The molecule has 14 heavy (non-hydrogen) atoms. The van der Waals surface area contributed by atoms with Crippen LogP contribution >= 0.6 is 11.3 Å². The minimum Gasteiger partial charge on any atom is -0.477 e. The summed E-state index contributed by atoms with van der Waals surface area (Å²) in [4.78, 5) is 1.17.